The molecule has 0 atom stereocenters. The molecule has 0 bridgehead atoms. The second-order valence-corrected chi connectivity index (χ2v) is 6.35. The van der Waals surface area contributed by atoms with E-state index in [1.807, 2.05) is 6.07 Å². The summed E-state index contributed by atoms with van der Waals surface area (Å²) in [6.07, 6.45) is 1.17. The summed E-state index contributed by atoms with van der Waals surface area (Å²) in [5.41, 5.74) is 1.31. The SMILES string of the molecule is CCCNCc1ccc(Sc2ccccc2)cc1Br. The van der Waals surface area contributed by atoms with Gasteiger partial charge < -0.3 is 5.32 Å². The number of rotatable bonds is 6. The fraction of sp³-hybridized carbons (Fsp3) is 0.250. The van der Waals surface area contributed by atoms with E-state index in [1.165, 1.54) is 26.2 Å². The van der Waals surface area contributed by atoms with Crippen molar-refractivity contribution in [3.8, 4) is 0 Å². The average Bonchev–Trinajstić information content (AvgIpc) is 2.43. The first-order valence-corrected chi connectivity index (χ1v) is 8.12. The van der Waals surface area contributed by atoms with Crippen molar-refractivity contribution in [2.75, 3.05) is 6.54 Å². The largest absolute Gasteiger partial charge is 0.313 e. The first-order valence-electron chi connectivity index (χ1n) is 6.51. The van der Waals surface area contributed by atoms with E-state index >= 15 is 0 Å². The molecule has 0 unspecified atom stereocenters. The summed E-state index contributed by atoms with van der Waals surface area (Å²) in [5, 5.41) is 3.42. The van der Waals surface area contributed by atoms with E-state index in [4.69, 9.17) is 0 Å². The zero-order valence-electron chi connectivity index (χ0n) is 11.0. The van der Waals surface area contributed by atoms with E-state index < -0.39 is 0 Å². The third-order valence-electron chi connectivity index (χ3n) is 2.75. The Hall–Kier alpha value is -0.770. The summed E-state index contributed by atoms with van der Waals surface area (Å²) in [5.74, 6) is 0. The van der Waals surface area contributed by atoms with E-state index in [1.54, 1.807) is 11.8 Å². The van der Waals surface area contributed by atoms with Crippen LogP contribution in [0.3, 0.4) is 0 Å². The Kier molecular flexibility index (Phi) is 5.95. The molecule has 0 aliphatic rings. The van der Waals surface area contributed by atoms with Crippen LogP contribution in [0.1, 0.15) is 18.9 Å². The summed E-state index contributed by atoms with van der Waals surface area (Å²) >= 11 is 5.45. The minimum absolute atomic E-state index is 0.921. The van der Waals surface area contributed by atoms with Crippen molar-refractivity contribution in [3.63, 3.8) is 0 Å². The maximum atomic E-state index is 3.66. The molecule has 100 valence electrons. The molecule has 0 amide bonds. The van der Waals surface area contributed by atoms with Gasteiger partial charge in [0.1, 0.15) is 0 Å². The monoisotopic (exact) mass is 335 g/mol. The van der Waals surface area contributed by atoms with Gasteiger partial charge in [-0.15, -0.1) is 0 Å². The second-order valence-electron chi connectivity index (χ2n) is 4.35. The summed E-state index contributed by atoms with van der Waals surface area (Å²) in [6.45, 7) is 4.17. The molecule has 0 saturated heterocycles. The van der Waals surface area contributed by atoms with Gasteiger partial charge in [0.05, 0.1) is 0 Å². The van der Waals surface area contributed by atoms with Gasteiger partial charge in [-0.25, -0.2) is 0 Å². The first kappa shape index (κ1) is 14.6. The quantitative estimate of drug-likeness (QED) is 0.737. The van der Waals surface area contributed by atoms with Crippen LogP contribution in [0.2, 0.25) is 0 Å². The average molecular weight is 336 g/mol. The van der Waals surface area contributed by atoms with Gasteiger partial charge in [0.15, 0.2) is 0 Å². The van der Waals surface area contributed by atoms with Crippen molar-refractivity contribution in [2.45, 2.75) is 29.7 Å². The Balaban J connectivity index is 2.02. The molecular formula is C16H18BrNS. The predicted octanol–water partition coefficient (Wildman–Crippen LogP) is 5.10. The van der Waals surface area contributed by atoms with Gasteiger partial charge in [0.2, 0.25) is 0 Å². The van der Waals surface area contributed by atoms with E-state index in [0.29, 0.717) is 0 Å². The lowest BCUT2D eigenvalue weighted by Crippen LogP contribution is -2.14. The van der Waals surface area contributed by atoms with Crippen LogP contribution in [0, 0.1) is 0 Å². The van der Waals surface area contributed by atoms with Gasteiger partial charge >= 0.3 is 0 Å². The van der Waals surface area contributed by atoms with Crippen LogP contribution >= 0.6 is 27.7 Å². The van der Waals surface area contributed by atoms with Gasteiger partial charge in [-0.3, -0.25) is 0 Å². The number of hydrogen-bond acceptors (Lipinski definition) is 2. The van der Waals surface area contributed by atoms with Gasteiger partial charge in [0.25, 0.3) is 0 Å². The van der Waals surface area contributed by atoms with Crippen LogP contribution in [-0.4, -0.2) is 6.54 Å². The Morgan fingerprint density at radius 1 is 1.05 bits per heavy atom. The molecule has 1 nitrogen and oxygen atoms in total. The molecule has 0 aromatic heterocycles. The van der Waals surface area contributed by atoms with Crippen LogP contribution in [0.15, 0.2) is 62.8 Å². The summed E-state index contributed by atoms with van der Waals surface area (Å²) in [4.78, 5) is 2.53. The molecule has 0 spiro atoms. The highest BCUT2D eigenvalue weighted by molar-refractivity contribution is 9.10. The predicted molar refractivity (Wildman–Crippen MR) is 86.7 cm³/mol. The fourth-order valence-electron chi connectivity index (χ4n) is 1.76. The van der Waals surface area contributed by atoms with Crippen molar-refractivity contribution in [3.05, 3.63) is 58.6 Å². The van der Waals surface area contributed by atoms with Crippen LogP contribution in [0.5, 0.6) is 0 Å². The van der Waals surface area contributed by atoms with Gasteiger partial charge in [0, 0.05) is 20.8 Å². The van der Waals surface area contributed by atoms with Gasteiger partial charge in [-0.2, -0.15) is 0 Å². The molecule has 19 heavy (non-hydrogen) atoms. The van der Waals surface area contributed by atoms with E-state index in [-0.39, 0.29) is 0 Å². The molecule has 0 heterocycles. The highest BCUT2D eigenvalue weighted by Crippen LogP contribution is 2.30. The molecule has 0 radical (unpaired) electrons. The Bertz CT molecular complexity index is 513. The second kappa shape index (κ2) is 7.73. The highest BCUT2D eigenvalue weighted by atomic mass is 79.9. The van der Waals surface area contributed by atoms with Crippen molar-refractivity contribution in [1.29, 1.82) is 0 Å². The number of benzene rings is 2. The molecule has 0 aliphatic carbocycles. The lowest BCUT2D eigenvalue weighted by Gasteiger charge is -2.08. The van der Waals surface area contributed by atoms with Crippen molar-refractivity contribution >= 4 is 27.7 Å². The standard InChI is InChI=1S/C16H18BrNS/c1-2-10-18-12-13-8-9-15(11-16(13)17)19-14-6-4-3-5-7-14/h3-9,11,18H,2,10,12H2,1H3. The van der Waals surface area contributed by atoms with Gasteiger partial charge in [-0.1, -0.05) is 58.9 Å². The highest BCUT2D eigenvalue weighted by Gasteiger charge is 2.02. The Morgan fingerprint density at radius 3 is 2.53 bits per heavy atom. The molecule has 3 heteroatoms. The third-order valence-corrected chi connectivity index (χ3v) is 4.48. The summed E-state index contributed by atoms with van der Waals surface area (Å²) in [7, 11) is 0. The number of hydrogen-bond donors (Lipinski definition) is 1. The zero-order valence-corrected chi connectivity index (χ0v) is 13.4. The lowest BCUT2D eigenvalue weighted by molar-refractivity contribution is 0.673. The van der Waals surface area contributed by atoms with Crippen molar-refractivity contribution in [2.24, 2.45) is 0 Å². The molecule has 0 aliphatic heterocycles. The zero-order chi connectivity index (χ0) is 13.5. The molecule has 0 fully saturated rings. The molecule has 2 aromatic carbocycles. The Labute approximate surface area is 127 Å². The lowest BCUT2D eigenvalue weighted by atomic mass is 10.2. The number of halogens is 1. The van der Waals surface area contributed by atoms with Crippen molar-refractivity contribution in [1.82, 2.24) is 5.32 Å². The van der Waals surface area contributed by atoms with Crippen LogP contribution < -0.4 is 5.32 Å². The third kappa shape index (κ3) is 4.68. The minimum Gasteiger partial charge on any atom is -0.313 e. The van der Waals surface area contributed by atoms with E-state index in [2.05, 4.69) is 70.6 Å². The summed E-state index contributed by atoms with van der Waals surface area (Å²) < 4.78 is 1.18. The minimum atomic E-state index is 0.921. The fourth-order valence-corrected chi connectivity index (χ4v) is 3.31. The normalized spacial score (nSPS) is 10.6. The van der Waals surface area contributed by atoms with Gasteiger partial charge in [-0.05, 0) is 42.8 Å². The molecular weight excluding hydrogens is 318 g/mol. The van der Waals surface area contributed by atoms with Crippen LogP contribution in [-0.2, 0) is 6.54 Å². The van der Waals surface area contributed by atoms with Crippen LogP contribution in [0.4, 0.5) is 0 Å². The topological polar surface area (TPSA) is 12.0 Å². The number of nitrogens with one attached hydrogen (secondary N) is 1. The Morgan fingerprint density at radius 2 is 1.84 bits per heavy atom. The smallest absolute Gasteiger partial charge is 0.0231 e. The molecule has 2 aromatic rings. The van der Waals surface area contributed by atoms with E-state index in [9.17, 15) is 0 Å². The first-order chi connectivity index (χ1) is 9.29. The van der Waals surface area contributed by atoms with Crippen molar-refractivity contribution < 1.29 is 0 Å². The van der Waals surface area contributed by atoms with E-state index in [0.717, 1.165) is 13.1 Å². The molecule has 1 N–H and O–H groups in total. The maximum absolute atomic E-state index is 3.66. The molecule has 0 saturated carbocycles. The summed E-state index contributed by atoms with van der Waals surface area (Å²) in [6, 6.07) is 17.0. The van der Waals surface area contributed by atoms with Crippen LogP contribution in [0.25, 0.3) is 0 Å². The molecule has 2 rings (SSSR count). The maximum Gasteiger partial charge on any atom is 0.0231 e.